The Morgan fingerprint density at radius 2 is 2.43 bits per heavy atom. The molecule has 2 rings (SSSR count). The first-order valence-corrected chi connectivity index (χ1v) is 5.29. The van der Waals surface area contributed by atoms with Crippen LogP contribution in [0.25, 0.3) is 0 Å². The Morgan fingerprint density at radius 3 is 3.00 bits per heavy atom. The van der Waals surface area contributed by atoms with Crippen LogP contribution in [0.1, 0.15) is 11.3 Å². The first-order chi connectivity index (χ1) is 6.75. The van der Waals surface area contributed by atoms with Crippen LogP contribution in [0.3, 0.4) is 0 Å². The van der Waals surface area contributed by atoms with Crippen molar-refractivity contribution in [2.45, 2.75) is 13.5 Å². The van der Waals surface area contributed by atoms with Gasteiger partial charge in [0.2, 0.25) is 0 Å². The number of halogens is 1. The molecule has 6 heteroatoms. The Hall–Kier alpha value is -1.07. The van der Waals surface area contributed by atoms with Crippen LogP contribution in [0, 0.1) is 6.92 Å². The topological polar surface area (TPSA) is 53.6 Å². The third-order valence-corrected chi connectivity index (χ3v) is 2.91. The van der Waals surface area contributed by atoms with E-state index in [9.17, 15) is 0 Å². The summed E-state index contributed by atoms with van der Waals surface area (Å²) in [5.74, 6) is 0. The van der Waals surface area contributed by atoms with Crippen molar-refractivity contribution in [1.29, 1.82) is 0 Å². The fourth-order valence-corrected chi connectivity index (χ4v) is 1.87. The highest BCUT2D eigenvalue weighted by Gasteiger charge is 2.02. The number of hydrogen-bond acceptors (Lipinski definition) is 4. The number of aromatic nitrogens is 3. The molecule has 0 saturated heterocycles. The van der Waals surface area contributed by atoms with E-state index in [1.165, 1.54) is 11.3 Å². The average Bonchev–Trinajstić information content (AvgIpc) is 2.72. The van der Waals surface area contributed by atoms with Crippen molar-refractivity contribution in [3.05, 3.63) is 28.0 Å². The van der Waals surface area contributed by atoms with Gasteiger partial charge in [-0.25, -0.2) is 4.98 Å². The molecule has 0 fully saturated rings. The number of nitrogens with zero attached hydrogens (tertiary/aromatic N) is 2. The van der Waals surface area contributed by atoms with Gasteiger partial charge >= 0.3 is 0 Å². The van der Waals surface area contributed by atoms with Crippen LogP contribution in [-0.2, 0) is 6.54 Å². The van der Waals surface area contributed by atoms with E-state index in [2.05, 4.69) is 20.5 Å². The lowest BCUT2D eigenvalue weighted by Gasteiger charge is -1.99. The highest BCUT2D eigenvalue weighted by molar-refractivity contribution is 7.19. The van der Waals surface area contributed by atoms with E-state index in [4.69, 9.17) is 11.6 Å². The van der Waals surface area contributed by atoms with E-state index in [-0.39, 0.29) is 0 Å². The number of hydrogen-bond donors (Lipinski definition) is 2. The Bertz CT molecular complexity index is 422. The molecule has 2 heterocycles. The number of aryl methyl sites for hydroxylation is 1. The van der Waals surface area contributed by atoms with Gasteiger partial charge in [-0.05, 0) is 6.92 Å². The maximum atomic E-state index is 5.75. The van der Waals surface area contributed by atoms with Crippen molar-refractivity contribution in [2.24, 2.45) is 0 Å². The summed E-state index contributed by atoms with van der Waals surface area (Å²) < 4.78 is 0.691. The molecule has 2 aromatic rings. The van der Waals surface area contributed by atoms with Crippen molar-refractivity contribution >= 4 is 28.1 Å². The van der Waals surface area contributed by atoms with Crippen molar-refractivity contribution in [3.63, 3.8) is 0 Å². The zero-order valence-electron chi connectivity index (χ0n) is 7.54. The number of aromatic amines is 1. The quantitative estimate of drug-likeness (QED) is 0.849. The van der Waals surface area contributed by atoms with E-state index in [1.54, 1.807) is 12.4 Å². The molecule has 0 aromatic carbocycles. The van der Waals surface area contributed by atoms with Gasteiger partial charge in [-0.3, -0.25) is 5.10 Å². The molecular weight excluding hydrogens is 220 g/mol. The molecule has 74 valence electrons. The first kappa shape index (κ1) is 9.48. The second-order valence-corrected chi connectivity index (χ2v) is 4.51. The van der Waals surface area contributed by atoms with E-state index < -0.39 is 0 Å². The van der Waals surface area contributed by atoms with Gasteiger partial charge in [-0.2, -0.15) is 5.10 Å². The van der Waals surface area contributed by atoms with Crippen LogP contribution in [0.2, 0.25) is 4.34 Å². The Morgan fingerprint density at radius 1 is 1.57 bits per heavy atom. The molecule has 2 N–H and O–H groups in total. The molecule has 0 aliphatic carbocycles. The molecule has 2 aromatic heterocycles. The molecule has 0 aliphatic heterocycles. The molecule has 0 spiro atoms. The van der Waals surface area contributed by atoms with Gasteiger partial charge in [0.15, 0.2) is 5.13 Å². The van der Waals surface area contributed by atoms with Crippen LogP contribution in [0.5, 0.6) is 0 Å². The largest absolute Gasteiger partial charge is 0.357 e. The number of thiazole rings is 1. The van der Waals surface area contributed by atoms with E-state index in [0.29, 0.717) is 10.9 Å². The second kappa shape index (κ2) is 3.98. The Balaban J connectivity index is 1.98. The molecule has 0 atom stereocenters. The fraction of sp³-hybridized carbons (Fsp3) is 0.250. The summed E-state index contributed by atoms with van der Waals surface area (Å²) in [7, 11) is 0. The zero-order valence-corrected chi connectivity index (χ0v) is 9.11. The standard InChI is InChI=1S/C8H9ClN4S/c1-5-6(3-12-13-5)2-10-8-11-4-7(9)14-8/h3-4H,2H2,1H3,(H,10,11)(H,12,13). The smallest absolute Gasteiger partial charge is 0.184 e. The average molecular weight is 229 g/mol. The minimum atomic E-state index is 0.691. The van der Waals surface area contributed by atoms with E-state index in [0.717, 1.165) is 16.4 Å². The fourth-order valence-electron chi connectivity index (χ4n) is 1.06. The molecule has 14 heavy (non-hydrogen) atoms. The monoisotopic (exact) mass is 228 g/mol. The van der Waals surface area contributed by atoms with Crippen LogP contribution < -0.4 is 5.32 Å². The highest BCUT2D eigenvalue weighted by Crippen LogP contribution is 2.22. The predicted octanol–water partition coefficient (Wildman–Crippen LogP) is 2.44. The number of nitrogens with one attached hydrogen (secondary N) is 2. The summed E-state index contributed by atoms with van der Waals surface area (Å²) in [5.41, 5.74) is 2.21. The number of rotatable bonds is 3. The zero-order chi connectivity index (χ0) is 9.97. The minimum Gasteiger partial charge on any atom is -0.357 e. The summed E-state index contributed by atoms with van der Waals surface area (Å²) in [5, 5.41) is 10.8. The van der Waals surface area contributed by atoms with Gasteiger partial charge in [-0.15, -0.1) is 0 Å². The van der Waals surface area contributed by atoms with E-state index in [1.807, 2.05) is 6.92 Å². The molecular formula is C8H9ClN4S. The molecule has 4 nitrogen and oxygen atoms in total. The van der Waals surface area contributed by atoms with Crippen molar-refractivity contribution in [1.82, 2.24) is 15.2 Å². The third kappa shape index (κ3) is 2.05. The SMILES string of the molecule is Cc1[nH]ncc1CNc1ncc(Cl)s1. The minimum absolute atomic E-state index is 0.691. The maximum Gasteiger partial charge on any atom is 0.184 e. The predicted molar refractivity (Wildman–Crippen MR) is 57.8 cm³/mol. The van der Waals surface area contributed by atoms with Crippen LogP contribution in [0.15, 0.2) is 12.4 Å². The summed E-state index contributed by atoms with van der Waals surface area (Å²) in [6.45, 7) is 2.70. The Labute approximate surface area is 90.3 Å². The molecule has 0 amide bonds. The summed E-state index contributed by atoms with van der Waals surface area (Å²) in [4.78, 5) is 4.09. The van der Waals surface area contributed by atoms with Crippen LogP contribution in [0.4, 0.5) is 5.13 Å². The lowest BCUT2D eigenvalue weighted by molar-refractivity contribution is 1.04. The van der Waals surface area contributed by atoms with Gasteiger partial charge in [-0.1, -0.05) is 22.9 Å². The number of anilines is 1. The number of H-pyrrole nitrogens is 1. The molecule has 0 saturated carbocycles. The second-order valence-electron chi connectivity index (χ2n) is 2.84. The molecule has 0 aliphatic rings. The Kier molecular flexibility index (Phi) is 2.69. The van der Waals surface area contributed by atoms with E-state index >= 15 is 0 Å². The lowest BCUT2D eigenvalue weighted by atomic mass is 10.3. The van der Waals surface area contributed by atoms with Crippen LogP contribution in [-0.4, -0.2) is 15.2 Å². The summed E-state index contributed by atoms with van der Waals surface area (Å²) in [6, 6.07) is 0. The third-order valence-electron chi connectivity index (χ3n) is 1.84. The van der Waals surface area contributed by atoms with Gasteiger partial charge < -0.3 is 5.32 Å². The molecule has 0 unspecified atom stereocenters. The van der Waals surface area contributed by atoms with Gasteiger partial charge in [0, 0.05) is 17.8 Å². The normalized spacial score (nSPS) is 10.4. The summed E-state index contributed by atoms with van der Waals surface area (Å²) in [6.07, 6.45) is 3.44. The lowest BCUT2D eigenvalue weighted by Crippen LogP contribution is -1.98. The van der Waals surface area contributed by atoms with Gasteiger partial charge in [0.05, 0.1) is 12.4 Å². The maximum absolute atomic E-state index is 5.75. The van der Waals surface area contributed by atoms with Crippen molar-refractivity contribution in [2.75, 3.05) is 5.32 Å². The summed E-state index contributed by atoms with van der Waals surface area (Å²) >= 11 is 7.18. The van der Waals surface area contributed by atoms with Gasteiger partial charge in [0.1, 0.15) is 4.34 Å². The molecule has 0 radical (unpaired) electrons. The van der Waals surface area contributed by atoms with Crippen LogP contribution >= 0.6 is 22.9 Å². The highest BCUT2D eigenvalue weighted by atomic mass is 35.5. The van der Waals surface area contributed by atoms with Crippen molar-refractivity contribution < 1.29 is 0 Å². The molecule has 0 bridgehead atoms. The van der Waals surface area contributed by atoms with Gasteiger partial charge in [0.25, 0.3) is 0 Å². The first-order valence-electron chi connectivity index (χ1n) is 4.10. The van der Waals surface area contributed by atoms with Crippen molar-refractivity contribution in [3.8, 4) is 0 Å².